The predicted octanol–water partition coefficient (Wildman–Crippen LogP) is 8.80. The van der Waals surface area contributed by atoms with Crippen molar-refractivity contribution in [3.05, 3.63) is 10.2 Å². The summed E-state index contributed by atoms with van der Waals surface area (Å²) in [5, 5.41) is 9.83. The molecule has 0 aromatic heterocycles. The van der Waals surface area contributed by atoms with Gasteiger partial charge in [0.25, 0.3) is 0 Å². The third kappa shape index (κ3) is 9.22. The second kappa shape index (κ2) is 13.7. The lowest BCUT2D eigenvalue weighted by Crippen LogP contribution is -2.69. The Bertz CT molecular complexity index is 875. The van der Waals surface area contributed by atoms with Gasteiger partial charge in [-0.05, 0) is 83.8 Å². The highest BCUT2D eigenvalue weighted by Gasteiger charge is 2.57. The fourth-order valence-corrected chi connectivity index (χ4v) is 8.97. The summed E-state index contributed by atoms with van der Waals surface area (Å²) in [4.78, 5) is 0. The molecule has 242 valence electrons. The van der Waals surface area contributed by atoms with Crippen LogP contribution in [0, 0.1) is 0 Å². The quantitative estimate of drug-likeness (QED) is 0.178. The van der Waals surface area contributed by atoms with Gasteiger partial charge in [0.2, 0.25) is 0 Å². The second-order valence-electron chi connectivity index (χ2n) is 16.8. The largest absolute Gasteiger partial charge is 0.408 e. The van der Waals surface area contributed by atoms with E-state index < -0.39 is 25.0 Å². The Labute approximate surface area is 269 Å². The van der Waals surface area contributed by atoms with E-state index in [4.69, 9.17) is 22.8 Å². The van der Waals surface area contributed by atoms with Gasteiger partial charge in [-0.1, -0.05) is 84.9 Å². The van der Waals surface area contributed by atoms with E-state index in [0.717, 1.165) is 12.8 Å². The molecule has 2 saturated heterocycles. The molecule has 0 amide bonds. The van der Waals surface area contributed by atoms with Gasteiger partial charge in [-0.2, -0.15) is 0 Å². The van der Waals surface area contributed by atoms with Gasteiger partial charge in [-0.25, -0.2) is 0 Å². The first-order chi connectivity index (χ1) is 18.4. The lowest BCUT2D eigenvalue weighted by molar-refractivity contribution is -0.267. The van der Waals surface area contributed by atoms with Crippen molar-refractivity contribution in [3.63, 3.8) is 0 Å². The minimum absolute atomic E-state index is 0.00560. The Kier molecular flexibility index (Phi) is 12.7. The number of ether oxygens (including phenoxy) is 2. The van der Waals surface area contributed by atoms with Gasteiger partial charge >= 0.3 is 0 Å². The predicted molar refractivity (Wildman–Crippen MR) is 188 cm³/mol. The number of aliphatic hydroxyl groups excluding tert-OH is 1. The van der Waals surface area contributed by atoms with Crippen molar-refractivity contribution >= 4 is 47.5 Å². The highest BCUT2D eigenvalue weighted by Crippen LogP contribution is 2.47. The number of hydrogen-bond donors (Lipinski definition) is 1. The van der Waals surface area contributed by atoms with Crippen LogP contribution in [0.2, 0.25) is 54.4 Å². The topological polar surface area (TPSA) is 66.4 Å². The third-order valence-electron chi connectivity index (χ3n) is 10.5. The summed E-state index contributed by atoms with van der Waals surface area (Å²) in [6, 6.07) is 0. The maximum atomic E-state index is 9.74. The maximum absolute atomic E-state index is 9.74. The van der Waals surface area contributed by atoms with E-state index in [0.29, 0.717) is 6.42 Å². The Hall–Kier alpha value is 0.881. The van der Waals surface area contributed by atoms with Crippen molar-refractivity contribution in [2.75, 3.05) is 6.61 Å². The molecule has 1 N–H and O–H groups in total. The van der Waals surface area contributed by atoms with E-state index in [1.165, 1.54) is 0 Å². The van der Waals surface area contributed by atoms with Gasteiger partial charge in [0.15, 0.2) is 25.0 Å². The highest BCUT2D eigenvalue weighted by atomic mass is 127. The average molecular weight is 743 g/mol. The van der Waals surface area contributed by atoms with Crippen molar-refractivity contribution in [2.45, 2.75) is 179 Å². The van der Waals surface area contributed by atoms with Crippen molar-refractivity contribution in [1.82, 2.24) is 0 Å². The summed E-state index contributed by atoms with van der Waals surface area (Å²) < 4.78 is 37.8. The number of aliphatic hydroxyl groups is 1. The summed E-state index contributed by atoms with van der Waals surface area (Å²) in [5.74, 6) is 0. The lowest BCUT2D eigenvalue weighted by atomic mass is 9.87. The monoisotopic (exact) mass is 742 g/mol. The van der Waals surface area contributed by atoms with Gasteiger partial charge in [-0.3, -0.25) is 0 Å². The number of rotatable bonds is 10. The van der Waals surface area contributed by atoms with Crippen molar-refractivity contribution in [2.24, 2.45) is 0 Å². The molecular formula is C31H63IO6Si3. The molecule has 0 aliphatic carbocycles. The van der Waals surface area contributed by atoms with Crippen LogP contribution in [0.4, 0.5) is 0 Å². The van der Waals surface area contributed by atoms with Crippen molar-refractivity contribution in [1.29, 1.82) is 0 Å². The summed E-state index contributed by atoms with van der Waals surface area (Å²) in [7, 11) is -6.64. The SMILES string of the molecule is CC(C)(C)[Si](C)(C)OC1[C@H]2OC(CCO)CCC2O[C@@H]([C@H](/C=C/I)O[Si](C)(C)C(C)(C)C)[C@H]1O[Si](C)(C)C(C)(C)C. The Morgan fingerprint density at radius 3 is 1.71 bits per heavy atom. The van der Waals surface area contributed by atoms with Gasteiger partial charge in [0, 0.05) is 6.61 Å². The first-order valence-electron chi connectivity index (χ1n) is 15.6. The van der Waals surface area contributed by atoms with Gasteiger partial charge in [0.1, 0.15) is 24.4 Å². The number of halogens is 1. The van der Waals surface area contributed by atoms with Crippen LogP contribution in [0.15, 0.2) is 10.2 Å². The first-order valence-corrected chi connectivity index (χ1v) is 25.6. The molecule has 6 nitrogen and oxygen atoms in total. The van der Waals surface area contributed by atoms with Crippen LogP contribution in [0.5, 0.6) is 0 Å². The molecule has 41 heavy (non-hydrogen) atoms. The van der Waals surface area contributed by atoms with E-state index >= 15 is 0 Å². The van der Waals surface area contributed by atoms with Crippen LogP contribution < -0.4 is 0 Å². The normalized spacial score (nSPS) is 30.0. The fraction of sp³-hybridized carbons (Fsp3) is 0.935. The molecule has 2 fully saturated rings. The molecule has 0 saturated carbocycles. The minimum Gasteiger partial charge on any atom is -0.408 e. The van der Waals surface area contributed by atoms with Crippen LogP contribution in [0.25, 0.3) is 0 Å². The summed E-state index contributed by atoms with van der Waals surface area (Å²) in [6.07, 6.45) is 2.94. The summed E-state index contributed by atoms with van der Waals surface area (Å²) in [5.41, 5.74) is 0. The van der Waals surface area contributed by atoms with Crippen molar-refractivity contribution in [3.8, 4) is 0 Å². The van der Waals surface area contributed by atoms with Gasteiger partial charge < -0.3 is 27.9 Å². The zero-order chi connectivity index (χ0) is 31.8. The van der Waals surface area contributed by atoms with E-state index in [2.05, 4.69) is 134 Å². The molecule has 10 heteroatoms. The van der Waals surface area contributed by atoms with E-state index in [9.17, 15) is 5.11 Å². The maximum Gasteiger partial charge on any atom is 0.193 e. The van der Waals surface area contributed by atoms with Crippen molar-refractivity contribution < 1.29 is 27.9 Å². The average Bonchev–Trinajstić information content (AvgIpc) is 2.78. The van der Waals surface area contributed by atoms with Crippen LogP contribution in [0.3, 0.4) is 0 Å². The summed E-state index contributed by atoms with van der Waals surface area (Å²) in [6.45, 7) is 34.6. The van der Waals surface area contributed by atoms with Crippen LogP contribution in [-0.4, -0.2) is 79.4 Å². The smallest absolute Gasteiger partial charge is 0.193 e. The van der Waals surface area contributed by atoms with E-state index in [1.54, 1.807) is 0 Å². The molecule has 7 atom stereocenters. The highest BCUT2D eigenvalue weighted by molar-refractivity contribution is 14.1. The minimum atomic E-state index is -2.26. The van der Waals surface area contributed by atoms with Gasteiger partial charge in [0.05, 0.1) is 18.3 Å². The molecule has 0 bridgehead atoms. The summed E-state index contributed by atoms with van der Waals surface area (Å²) >= 11 is 2.30. The van der Waals surface area contributed by atoms with E-state index in [-0.39, 0.29) is 64.4 Å². The molecule has 0 spiro atoms. The lowest BCUT2D eigenvalue weighted by Gasteiger charge is -2.56. The van der Waals surface area contributed by atoms with Crippen LogP contribution in [0.1, 0.15) is 81.6 Å². The number of hydrogen-bond acceptors (Lipinski definition) is 6. The zero-order valence-electron chi connectivity index (χ0n) is 28.9. The zero-order valence-corrected chi connectivity index (χ0v) is 34.0. The molecule has 2 aliphatic rings. The molecular weight excluding hydrogens is 679 g/mol. The standard InChI is InChI=1S/C31H63IO6Si3/c1-29(2,3)39(10,11)36-24(18-20-32)26-28(38-41(14,15)31(7,8)9)27(37-40(12,13)30(4,5)6)25-23(35-26)17-16-22(34-25)19-21-33/h18,20,22-28,33H,16-17,19,21H2,1-15H3/b20-18+/t22?,23?,24-,25-,26-,27?,28+/m0/s1. The number of fused-ring (bicyclic) bond motifs is 1. The Morgan fingerprint density at radius 2 is 1.27 bits per heavy atom. The third-order valence-corrected chi connectivity index (χ3v) is 24.4. The molecule has 0 radical (unpaired) electrons. The van der Waals surface area contributed by atoms with Crippen LogP contribution >= 0.6 is 22.6 Å². The molecule has 2 heterocycles. The van der Waals surface area contributed by atoms with E-state index in [1.807, 2.05) is 0 Å². The fourth-order valence-electron chi connectivity index (χ4n) is 4.71. The Balaban J connectivity index is 2.72. The second-order valence-corrected chi connectivity index (χ2v) is 31.8. The molecule has 0 aromatic carbocycles. The van der Waals surface area contributed by atoms with Gasteiger partial charge in [-0.15, -0.1) is 0 Å². The molecule has 2 rings (SSSR count). The molecule has 0 aromatic rings. The molecule has 3 unspecified atom stereocenters. The molecule has 2 aliphatic heterocycles. The first kappa shape index (κ1) is 38.1. The van der Waals surface area contributed by atoms with Crippen LogP contribution in [-0.2, 0) is 22.8 Å². The Morgan fingerprint density at radius 1 is 0.780 bits per heavy atom.